The highest BCUT2D eigenvalue weighted by atomic mass is 127. The number of hydrogen-bond donors (Lipinski definition) is 2. The summed E-state index contributed by atoms with van der Waals surface area (Å²) in [5.74, 6) is -6.70. The molecule has 2 N–H and O–H groups in total. The summed E-state index contributed by atoms with van der Waals surface area (Å²) >= 11 is 1.69. The van der Waals surface area contributed by atoms with Gasteiger partial charge < -0.3 is 34.1 Å². The van der Waals surface area contributed by atoms with Gasteiger partial charge >= 0.3 is 5.97 Å². The fourth-order valence-electron chi connectivity index (χ4n) is 7.49. The van der Waals surface area contributed by atoms with Crippen LogP contribution in [0.1, 0.15) is 87.5 Å². The van der Waals surface area contributed by atoms with E-state index in [-0.39, 0.29) is 49.5 Å². The molecule has 0 aromatic heterocycles. The molecular weight excluding hydrogens is 742 g/mol. The summed E-state index contributed by atoms with van der Waals surface area (Å²) in [5.41, 5.74) is -6.11. The molecule has 14 heteroatoms. The van der Waals surface area contributed by atoms with Crippen molar-refractivity contribution in [2.24, 2.45) is 28.7 Å². The molecule has 1 amide bonds. The van der Waals surface area contributed by atoms with Gasteiger partial charge in [-0.2, -0.15) is 0 Å². The van der Waals surface area contributed by atoms with Crippen molar-refractivity contribution in [1.29, 1.82) is 0 Å². The standard InChI is InChI=1S/C34H54FIN2O10/c1-11-24(40)37-25-17(2)15-32(6)28(47-29-26(41)23(38(9)10)14-18(3)46-29)20(5)27(42)33(7,35)31(43)48-30(36)34(8,44)22(19(25)4)13-12-21(39)16-45-32/h17-20,22-23,26,28-30,41,44H,11-16H2,1-10H3/t17-,18-,19-,20+,22-,23+,26-,28-,29+,30+,32-,33+,34+/m1/s1. The van der Waals surface area contributed by atoms with Crippen LogP contribution < -0.4 is 0 Å². The molecule has 3 fully saturated rings. The number of nitrogens with zero attached hydrogens (tertiary/aromatic N) is 2. The highest BCUT2D eigenvalue weighted by Crippen LogP contribution is 2.43. The van der Waals surface area contributed by atoms with Crippen LogP contribution in [-0.2, 0) is 38.1 Å². The SMILES string of the molecule is CCC(=O)N=C1[C@H](C)C[C@@]2(C)OCC(=O)CC[C@H]([C@H]1C)[C@](C)(O)[C@@H](I)OC(=O)[C@@](C)(F)C(=O)[C@H](C)[C@H]2O[C@@H]1O[C@H](C)C[C@H](N(C)C)[C@H]1O. The molecule has 274 valence electrons. The Balaban J connectivity index is 2.32. The van der Waals surface area contributed by atoms with E-state index in [1.165, 1.54) is 13.8 Å². The minimum absolute atomic E-state index is 0.0325. The molecule has 48 heavy (non-hydrogen) atoms. The lowest BCUT2D eigenvalue weighted by atomic mass is 9.70. The third-order valence-electron chi connectivity index (χ3n) is 10.4. The number of rotatable bonds is 4. The normalized spacial score (nSPS) is 44.9. The van der Waals surface area contributed by atoms with Gasteiger partial charge in [0.1, 0.15) is 18.3 Å². The summed E-state index contributed by atoms with van der Waals surface area (Å²) in [4.78, 5) is 60.0. The van der Waals surface area contributed by atoms with E-state index in [1.54, 1.807) is 43.4 Å². The van der Waals surface area contributed by atoms with E-state index in [0.717, 1.165) is 6.92 Å². The van der Waals surface area contributed by atoms with E-state index in [1.807, 2.05) is 32.8 Å². The molecule has 13 atom stereocenters. The zero-order valence-corrected chi connectivity index (χ0v) is 32.0. The Bertz CT molecular complexity index is 1240. The molecule has 0 spiro atoms. The van der Waals surface area contributed by atoms with Crippen LogP contribution in [0.3, 0.4) is 0 Å². The average Bonchev–Trinajstić information content (AvgIpc) is 3.01. The highest BCUT2D eigenvalue weighted by molar-refractivity contribution is 14.1. The van der Waals surface area contributed by atoms with Crippen molar-refractivity contribution in [2.75, 3.05) is 20.7 Å². The third-order valence-corrected chi connectivity index (χ3v) is 11.9. The second-order valence-corrected chi connectivity index (χ2v) is 15.8. The molecule has 3 rings (SSSR count). The Morgan fingerprint density at radius 1 is 1.12 bits per heavy atom. The molecule has 0 aliphatic carbocycles. The van der Waals surface area contributed by atoms with Crippen LogP contribution in [0.5, 0.6) is 0 Å². The van der Waals surface area contributed by atoms with Crippen LogP contribution in [0, 0.1) is 23.7 Å². The predicted octanol–water partition coefficient (Wildman–Crippen LogP) is 3.59. The van der Waals surface area contributed by atoms with Gasteiger partial charge in [-0.05, 0) is 89.6 Å². The van der Waals surface area contributed by atoms with Gasteiger partial charge in [0.2, 0.25) is 5.91 Å². The van der Waals surface area contributed by atoms with E-state index in [4.69, 9.17) is 18.9 Å². The number of aliphatic hydroxyl groups excluding tert-OH is 1. The number of alkyl halides is 2. The second-order valence-electron chi connectivity index (χ2n) is 14.7. The van der Waals surface area contributed by atoms with Gasteiger partial charge in [-0.15, -0.1) is 0 Å². The summed E-state index contributed by atoms with van der Waals surface area (Å²) < 4.78 is 39.5. The molecule has 3 heterocycles. The van der Waals surface area contributed by atoms with Gasteiger partial charge in [-0.25, -0.2) is 14.2 Å². The van der Waals surface area contributed by atoms with Crippen molar-refractivity contribution in [3.8, 4) is 0 Å². The Morgan fingerprint density at radius 2 is 1.75 bits per heavy atom. The fourth-order valence-corrected chi connectivity index (χ4v) is 8.18. The quantitative estimate of drug-likeness (QED) is 0.185. The molecule has 3 saturated heterocycles. The van der Waals surface area contributed by atoms with Crippen LogP contribution in [0.2, 0.25) is 0 Å². The first-order valence-corrected chi connectivity index (χ1v) is 18.1. The van der Waals surface area contributed by atoms with Crippen LogP contribution >= 0.6 is 22.6 Å². The van der Waals surface area contributed by atoms with Crippen LogP contribution in [0.4, 0.5) is 4.39 Å². The van der Waals surface area contributed by atoms with Gasteiger partial charge in [0.25, 0.3) is 5.67 Å². The van der Waals surface area contributed by atoms with Crippen LogP contribution in [-0.4, -0.2) is 117 Å². The summed E-state index contributed by atoms with van der Waals surface area (Å²) in [6.07, 6.45) is -3.46. The van der Waals surface area contributed by atoms with Crippen molar-refractivity contribution in [2.45, 2.75) is 139 Å². The highest BCUT2D eigenvalue weighted by Gasteiger charge is 2.56. The maximum Gasteiger partial charge on any atom is 0.352 e. The van der Waals surface area contributed by atoms with Crippen molar-refractivity contribution >= 4 is 51.7 Å². The predicted molar refractivity (Wildman–Crippen MR) is 183 cm³/mol. The number of carbonyl (C=O) groups excluding carboxylic acids is 4. The topological polar surface area (TPSA) is 161 Å². The van der Waals surface area contributed by atoms with Crippen molar-refractivity contribution < 1.29 is 52.7 Å². The zero-order valence-electron chi connectivity index (χ0n) is 29.8. The lowest BCUT2D eigenvalue weighted by Crippen LogP contribution is -2.61. The molecule has 3 aliphatic heterocycles. The largest absolute Gasteiger partial charge is 0.446 e. The fraction of sp³-hybridized carbons (Fsp3) is 0.853. The van der Waals surface area contributed by atoms with Crippen molar-refractivity contribution in [1.82, 2.24) is 4.90 Å². The van der Waals surface area contributed by atoms with Gasteiger partial charge in [0, 0.05) is 42.3 Å². The Hall–Kier alpha value is -1.43. The number of halogens is 2. The number of amides is 1. The first-order chi connectivity index (χ1) is 22.1. The number of likely N-dealkylation sites (N-methyl/N-ethyl adjacent to an activating group) is 1. The Kier molecular flexibility index (Phi) is 13.5. The van der Waals surface area contributed by atoms with E-state index in [2.05, 4.69) is 4.99 Å². The van der Waals surface area contributed by atoms with E-state index >= 15 is 4.39 Å². The minimum Gasteiger partial charge on any atom is -0.446 e. The molecule has 0 unspecified atom stereocenters. The lowest BCUT2D eigenvalue weighted by molar-refractivity contribution is -0.297. The third kappa shape index (κ3) is 8.71. The molecule has 3 aliphatic rings. The number of hydrogen-bond acceptors (Lipinski definition) is 11. The van der Waals surface area contributed by atoms with E-state index < -0.39 is 81.5 Å². The molecule has 0 saturated carbocycles. The lowest BCUT2D eigenvalue weighted by Gasteiger charge is -2.47. The van der Waals surface area contributed by atoms with E-state index in [9.17, 15) is 29.4 Å². The number of cyclic esters (lactones) is 1. The zero-order chi connectivity index (χ0) is 36.5. The number of carbonyl (C=O) groups is 4. The van der Waals surface area contributed by atoms with Crippen molar-refractivity contribution in [3.05, 3.63) is 0 Å². The van der Waals surface area contributed by atoms with Gasteiger partial charge in [0.05, 0.1) is 17.8 Å². The number of aliphatic imine (C=N–C) groups is 1. The summed E-state index contributed by atoms with van der Waals surface area (Å²) in [6, 6.07) is -0.378. The number of aliphatic hydroxyl groups is 2. The number of esters is 1. The van der Waals surface area contributed by atoms with Gasteiger partial charge in [0.15, 0.2) is 22.0 Å². The molecule has 12 nitrogen and oxygen atoms in total. The second kappa shape index (κ2) is 15.9. The maximum absolute atomic E-state index is 16.4. The van der Waals surface area contributed by atoms with Crippen molar-refractivity contribution in [3.63, 3.8) is 0 Å². The maximum atomic E-state index is 16.4. The molecule has 2 bridgehead atoms. The Morgan fingerprint density at radius 3 is 2.33 bits per heavy atom. The first-order valence-electron chi connectivity index (χ1n) is 16.8. The Labute approximate surface area is 297 Å². The van der Waals surface area contributed by atoms with Gasteiger partial charge in [-0.3, -0.25) is 14.4 Å². The van der Waals surface area contributed by atoms with Crippen LogP contribution in [0.25, 0.3) is 0 Å². The summed E-state index contributed by atoms with van der Waals surface area (Å²) in [5, 5.41) is 23.3. The van der Waals surface area contributed by atoms with E-state index in [0.29, 0.717) is 12.1 Å². The monoisotopic (exact) mass is 796 g/mol. The molecular formula is C34H54FIN2O10. The number of ether oxygens (including phenoxy) is 4. The minimum atomic E-state index is -3.17. The smallest absolute Gasteiger partial charge is 0.352 e. The number of Topliss-reactive ketones (excluding diaryl/α,β-unsaturated/α-hetero) is 2. The average molecular weight is 797 g/mol. The van der Waals surface area contributed by atoms with Gasteiger partial charge in [-0.1, -0.05) is 27.7 Å². The summed E-state index contributed by atoms with van der Waals surface area (Å²) in [7, 11) is 3.62. The number of fused-ring (bicyclic) bond motifs is 5. The first kappa shape index (κ1) is 41.0. The molecule has 0 aromatic rings. The molecule has 0 radical (unpaired) electrons. The summed E-state index contributed by atoms with van der Waals surface area (Å²) in [6.45, 7) is 12.0. The van der Waals surface area contributed by atoms with Crippen LogP contribution in [0.15, 0.2) is 4.99 Å². The number of ketones is 2. The molecule has 0 aromatic carbocycles.